The fourth-order valence-corrected chi connectivity index (χ4v) is 1.34. The van der Waals surface area contributed by atoms with Gasteiger partial charge in [-0.15, -0.1) is 0 Å². The van der Waals surface area contributed by atoms with Gasteiger partial charge in [-0.2, -0.15) is 0 Å². The van der Waals surface area contributed by atoms with Crippen LogP contribution in [0.1, 0.15) is 32.6 Å². The maximum Gasteiger partial charge on any atom is 0.0769 e. The van der Waals surface area contributed by atoms with Crippen molar-refractivity contribution in [3.63, 3.8) is 0 Å². The van der Waals surface area contributed by atoms with E-state index in [1.165, 1.54) is 6.42 Å². The van der Waals surface area contributed by atoms with E-state index in [1.54, 1.807) is 0 Å². The molecule has 0 bridgehead atoms. The Bertz CT molecular complexity index is 101. The highest BCUT2D eigenvalue weighted by atomic mass is 16.3. The Balaban J connectivity index is 2.49. The van der Waals surface area contributed by atoms with Gasteiger partial charge in [-0.05, 0) is 19.8 Å². The second kappa shape index (κ2) is 2.27. The zero-order valence-electron chi connectivity index (χ0n) is 5.93. The second-order valence-corrected chi connectivity index (χ2v) is 3.21. The molecule has 1 aliphatic rings. The quantitative estimate of drug-likeness (QED) is 0.504. The molecule has 1 saturated carbocycles. The normalized spacial score (nSPS) is 45.0. The first kappa shape index (κ1) is 7.03. The van der Waals surface area contributed by atoms with Crippen LogP contribution in [-0.2, 0) is 0 Å². The average Bonchev–Trinajstić information content (AvgIpc) is 1.77. The predicted octanol–water partition coefficient (Wildman–Crippen LogP) is 0.639. The SMILES string of the molecule is C[C@@]1(O)CCCCC1N. The van der Waals surface area contributed by atoms with Gasteiger partial charge >= 0.3 is 0 Å². The molecule has 0 amide bonds. The molecule has 54 valence electrons. The summed E-state index contributed by atoms with van der Waals surface area (Å²) in [7, 11) is 0. The third-order valence-corrected chi connectivity index (χ3v) is 2.25. The van der Waals surface area contributed by atoms with Gasteiger partial charge in [0.25, 0.3) is 0 Å². The molecule has 1 rings (SSSR count). The molecule has 1 unspecified atom stereocenters. The van der Waals surface area contributed by atoms with Crippen LogP contribution in [0, 0.1) is 0 Å². The monoisotopic (exact) mass is 129 g/mol. The molecule has 2 atom stereocenters. The second-order valence-electron chi connectivity index (χ2n) is 3.21. The first-order chi connectivity index (χ1) is 4.13. The molecule has 0 saturated heterocycles. The van der Waals surface area contributed by atoms with Crippen LogP contribution in [0.15, 0.2) is 0 Å². The van der Waals surface area contributed by atoms with E-state index in [2.05, 4.69) is 0 Å². The Kier molecular flexibility index (Phi) is 1.78. The van der Waals surface area contributed by atoms with E-state index in [0.717, 1.165) is 19.3 Å². The van der Waals surface area contributed by atoms with Gasteiger partial charge in [-0.25, -0.2) is 0 Å². The molecule has 0 aromatic heterocycles. The standard InChI is InChI=1S/C7H15NO/c1-7(9)5-3-2-4-6(7)8/h6,9H,2-5,8H2,1H3/t6?,7-/m1/s1. The summed E-state index contributed by atoms with van der Waals surface area (Å²) in [5.74, 6) is 0. The van der Waals surface area contributed by atoms with E-state index in [1.807, 2.05) is 6.92 Å². The van der Waals surface area contributed by atoms with E-state index in [4.69, 9.17) is 5.73 Å². The van der Waals surface area contributed by atoms with E-state index in [9.17, 15) is 5.11 Å². The Morgan fingerprint density at radius 2 is 2.22 bits per heavy atom. The third kappa shape index (κ3) is 1.43. The lowest BCUT2D eigenvalue weighted by Gasteiger charge is -2.34. The summed E-state index contributed by atoms with van der Waals surface area (Å²) in [6, 6.07) is 0.00579. The maximum absolute atomic E-state index is 9.52. The smallest absolute Gasteiger partial charge is 0.0769 e. The lowest BCUT2D eigenvalue weighted by Crippen LogP contribution is -2.47. The maximum atomic E-state index is 9.52. The van der Waals surface area contributed by atoms with Crippen LogP contribution in [0.3, 0.4) is 0 Å². The third-order valence-electron chi connectivity index (χ3n) is 2.25. The van der Waals surface area contributed by atoms with Gasteiger partial charge in [0, 0.05) is 6.04 Å². The summed E-state index contributed by atoms with van der Waals surface area (Å²) in [6.07, 6.45) is 4.15. The van der Waals surface area contributed by atoms with E-state index < -0.39 is 5.60 Å². The highest BCUT2D eigenvalue weighted by molar-refractivity contribution is 4.88. The minimum atomic E-state index is -0.585. The minimum Gasteiger partial charge on any atom is -0.389 e. The molecular weight excluding hydrogens is 114 g/mol. The van der Waals surface area contributed by atoms with Crippen LogP contribution in [0.4, 0.5) is 0 Å². The van der Waals surface area contributed by atoms with Gasteiger partial charge in [-0.1, -0.05) is 12.8 Å². The van der Waals surface area contributed by atoms with Crippen molar-refractivity contribution in [3.8, 4) is 0 Å². The Labute approximate surface area is 56.1 Å². The van der Waals surface area contributed by atoms with Gasteiger partial charge in [0.1, 0.15) is 0 Å². The highest BCUT2D eigenvalue weighted by Crippen LogP contribution is 2.25. The van der Waals surface area contributed by atoms with Crippen LogP contribution in [0.2, 0.25) is 0 Å². The number of rotatable bonds is 0. The van der Waals surface area contributed by atoms with Crippen molar-refractivity contribution >= 4 is 0 Å². The summed E-state index contributed by atoms with van der Waals surface area (Å²) in [4.78, 5) is 0. The fourth-order valence-electron chi connectivity index (χ4n) is 1.34. The lowest BCUT2D eigenvalue weighted by atomic mass is 9.82. The van der Waals surface area contributed by atoms with E-state index >= 15 is 0 Å². The summed E-state index contributed by atoms with van der Waals surface area (Å²) in [6.45, 7) is 1.83. The summed E-state index contributed by atoms with van der Waals surface area (Å²) in [5.41, 5.74) is 5.08. The number of nitrogens with two attached hydrogens (primary N) is 1. The molecule has 0 aromatic carbocycles. The molecule has 1 aliphatic carbocycles. The fraction of sp³-hybridized carbons (Fsp3) is 1.00. The molecule has 3 N–H and O–H groups in total. The van der Waals surface area contributed by atoms with Crippen LogP contribution in [0.25, 0.3) is 0 Å². The molecular formula is C7H15NO. The first-order valence-electron chi connectivity index (χ1n) is 3.61. The Morgan fingerprint density at radius 1 is 1.56 bits per heavy atom. The van der Waals surface area contributed by atoms with E-state index in [0.29, 0.717) is 0 Å². The molecule has 9 heavy (non-hydrogen) atoms. The first-order valence-corrected chi connectivity index (χ1v) is 3.61. The van der Waals surface area contributed by atoms with Crippen molar-refractivity contribution < 1.29 is 5.11 Å². The van der Waals surface area contributed by atoms with Crippen molar-refractivity contribution in [1.82, 2.24) is 0 Å². The summed E-state index contributed by atoms with van der Waals surface area (Å²) in [5, 5.41) is 9.52. The molecule has 0 aliphatic heterocycles. The Hall–Kier alpha value is -0.0800. The number of hydrogen-bond donors (Lipinski definition) is 2. The summed E-state index contributed by atoms with van der Waals surface area (Å²) < 4.78 is 0. The zero-order valence-corrected chi connectivity index (χ0v) is 5.93. The van der Waals surface area contributed by atoms with Gasteiger partial charge in [0.15, 0.2) is 0 Å². The van der Waals surface area contributed by atoms with Crippen molar-refractivity contribution in [2.75, 3.05) is 0 Å². The predicted molar refractivity (Wildman–Crippen MR) is 37.1 cm³/mol. The molecule has 0 heterocycles. The van der Waals surface area contributed by atoms with Gasteiger partial charge in [0.2, 0.25) is 0 Å². The van der Waals surface area contributed by atoms with Gasteiger partial charge in [-0.3, -0.25) is 0 Å². The average molecular weight is 129 g/mol. The molecule has 2 nitrogen and oxygen atoms in total. The van der Waals surface area contributed by atoms with Crippen LogP contribution >= 0.6 is 0 Å². The lowest BCUT2D eigenvalue weighted by molar-refractivity contribution is 0.00358. The van der Waals surface area contributed by atoms with Crippen molar-refractivity contribution in [2.45, 2.75) is 44.2 Å². The topological polar surface area (TPSA) is 46.2 Å². The highest BCUT2D eigenvalue weighted by Gasteiger charge is 2.30. The van der Waals surface area contributed by atoms with Crippen molar-refractivity contribution in [1.29, 1.82) is 0 Å². The van der Waals surface area contributed by atoms with Gasteiger partial charge in [0.05, 0.1) is 5.60 Å². The van der Waals surface area contributed by atoms with Crippen molar-refractivity contribution in [2.24, 2.45) is 5.73 Å². The molecule has 0 radical (unpaired) electrons. The molecule has 0 spiro atoms. The zero-order chi connectivity index (χ0) is 6.91. The van der Waals surface area contributed by atoms with E-state index in [-0.39, 0.29) is 6.04 Å². The largest absolute Gasteiger partial charge is 0.389 e. The molecule has 0 aromatic rings. The molecule has 2 heteroatoms. The van der Waals surface area contributed by atoms with Crippen LogP contribution in [0.5, 0.6) is 0 Å². The Morgan fingerprint density at radius 3 is 2.56 bits per heavy atom. The van der Waals surface area contributed by atoms with Crippen LogP contribution in [-0.4, -0.2) is 16.7 Å². The number of aliphatic hydroxyl groups is 1. The van der Waals surface area contributed by atoms with Crippen LogP contribution < -0.4 is 5.73 Å². The summed E-state index contributed by atoms with van der Waals surface area (Å²) >= 11 is 0. The van der Waals surface area contributed by atoms with Crippen molar-refractivity contribution in [3.05, 3.63) is 0 Å². The minimum absolute atomic E-state index is 0.00579. The van der Waals surface area contributed by atoms with Gasteiger partial charge < -0.3 is 10.8 Å². The number of hydrogen-bond acceptors (Lipinski definition) is 2. The molecule has 1 fully saturated rings.